The van der Waals surface area contributed by atoms with Gasteiger partial charge in [-0.05, 0) is 24.6 Å². The molecular formula is C11H17NO2S. The van der Waals surface area contributed by atoms with Crippen LogP contribution in [0.15, 0.2) is 18.2 Å². The van der Waals surface area contributed by atoms with Gasteiger partial charge in [-0.1, -0.05) is 6.92 Å². The van der Waals surface area contributed by atoms with Gasteiger partial charge < -0.3 is 10.5 Å². The van der Waals surface area contributed by atoms with E-state index in [0.29, 0.717) is 11.4 Å². The van der Waals surface area contributed by atoms with Crippen LogP contribution in [0, 0.1) is 0 Å². The first-order chi connectivity index (χ1) is 7.17. The van der Waals surface area contributed by atoms with Crippen molar-refractivity contribution in [3.8, 4) is 5.75 Å². The summed E-state index contributed by atoms with van der Waals surface area (Å²) in [6, 6.07) is 5.42. The summed E-state index contributed by atoms with van der Waals surface area (Å²) >= 11 is 0. The summed E-state index contributed by atoms with van der Waals surface area (Å²) in [4.78, 5) is 0. The molecule has 0 bridgehead atoms. The molecule has 0 heterocycles. The summed E-state index contributed by atoms with van der Waals surface area (Å²) in [6.45, 7) is 2.02. The molecule has 15 heavy (non-hydrogen) atoms. The van der Waals surface area contributed by atoms with E-state index in [9.17, 15) is 4.21 Å². The van der Waals surface area contributed by atoms with E-state index in [-0.39, 0.29) is 0 Å². The van der Waals surface area contributed by atoms with E-state index in [0.717, 1.165) is 23.5 Å². The molecule has 2 N–H and O–H groups in total. The maximum absolute atomic E-state index is 11.6. The molecule has 4 heteroatoms. The highest BCUT2D eigenvalue weighted by atomic mass is 32.2. The van der Waals surface area contributed by atoms with Crippen molar-refractivity contribution in [2.45, 2.75) is 19.1 Å². The van der Waals surface area contributed by atoms with Crippen molar-refractivity contribution in [3.05, 3.63) is 23.8 Å². The van der Waals surface area contributed by atoms with Crippen molar-refractivity contribution in [3.63, 3.8) is 0 Å². The zero-order chi connectivity index (χ0) is 11.3. The lowest BCUT2D eigenvalue weighted by Crippen LogP contribution is -2.02. The minimum atomic E-state index is -0.827. The monoisotopic (exact) mass is 227 g/mol. The molecule has 0 saturated carbocycles. The SMILES string of the molecule is CCCS(=O)Cc1cc(N)ccc1OC. The zero-order valence-electron chi connectivity index (χ0n) is 9.16. The lowest BCUT2D eigenvalue weighted by molar-refractivity contribution is 0.411. The number of hydrogen-bond acceptors (Lipinski definition) is 3. The van der Waals surface area contributed by atoms with Crippen LogP contribution in [0.5, 0.6) is 5.75 Å². The van der Waals surface area contributed by atoms with Crippen LogP contribution in [0.3, 0.4) is 0 Å². The quantitative estimate of drug-likeness (QED) is 0.782. The van der Waals surface area contributed by atoms with Crippen LogP contribution in [-0.2, 0) is 16.6 Å². The first-order valence-corrected chi connectivity index (χ1v) is 6.43. The minimum absolute atomic E-state index is 0.516. The topological polar surface area (TPSA) is 52.3 Å². The fourth-order valence-electron chi connectivity index (χ4n) is 1.38. The fourth-order valence-corrected chi connectivity index (χ4v) is 2.56. The highest BCUT2D eigenvalue weighted by Gasteiger charge is 2.07. The Balaban J connectivity index is 2.82. The van der Waals surface area contributed by atoms with Gasteiger partial charge in [0.25, 0.3) is 0 Å². The number of hydrogen-bond donors (Lipinski definition) is 1. The summed E-state index contributed by atoms with van der Waals surface area (Å²) in [5, 5.41) is 0. The highest BCUT2D eigenvalue weighted by Crippen LogP contribution is 2.22. The summed E-state index contributed by atoms with van der Waals surface area (Å²) < 4.78 is 16.8. The van der Waals surface area contributed by atoms with Crippen molar-refractivity contribution < 1.29 is 8.95 Å². The van der Waals surface area contributed by atoms with Gasteiger partial charge in [0.2, 0.25) is 0 Å². The highest BCUT2D eigenvalue weighted by molar-refractivity contribution is 7.84. The van der Waals surface area contributed by atoms with Gasteiger partial charge in [0.15, 0.2) is 0 Å². The lowest BCUT2D eigenvalue weighted by Gasteiger charge is -2.08. The van der Waals surface area contributed by atoms with Gasteiger partial charge in [0.1, 0.15) is 5.75 Å². The molecule has 0 spiro atoms. The average molecular weight is 227 g/mol. The van der Waals surface area contributed by atoms with Gasteiger partial charge in [-0.25, -0.2) is 0 Å². The second-order valence-electron chi connectivity index (χ2n) is 3.36. The number of methoxy groups -OCH3 is 1. The number of benzene rings is 1. The summed E-state index contributed by atoms with van der Waals surface area (Å²) in [6.07, 6.45) is 0.928. The standard InChI is InChI=1S/C11H17NO2S/c1-3-6-15(13)8-9-7-10(12)4-5-11(9)14-2/h4-5,7H,3,6,8,12H2,1-2H3. The smallest absolute Gasteiger partial charge is 0.123 e. The number of rotatable bonds is 5. The van der Waals surface area contributed by atoms with Crippen LogP contribution in [0.4, 0.5) is 5.69 Å². The molecule has 1 aromatic carbocycles. The normalized spacial score (nSPS) is 12.4. The van der Waals surface area contributed by atoms with Crippen LogP contribution < -0.4 is 10.5 Å². The third kappa shape index (κ3) is 3.55. The summed E-state index contributed by atoms with van der Waals surface area (Å²) in [5.74, 6) is 1.99. The molecule has 0 amide bonds. The van der Waals surface area contributed by atoms with Gasteiger partial charge in [0, 0.05) is 27.8 Å². The van der Waals surface area contributed by atoms with Gasteiger partial charge >= 0.3 is 0 Å². The molecule has 3 nitrogen and oxygen atoms in total. The molecule has 1 unspecified atom stereocenters. The van der Waals surface area contributed by atoms with Crippen LogP contribution >= 0.6 is 0 Å². The molecule has 1 aromatic rings. The predicted octanol–water partition coefficient (Wildman–Crippen LogP) is 1.94. The van der Waals surface area contributed by atoms with Crippen molar-refractivity contribution in [1.82, 2.24) is 0 Å². The Labute approximate surface area is 93.1 Å². The third-order valence-corrected chi connectivity index (χ3v) is 3.55. The Kier molecular flexibility index (Phi) is 4.62. The molecule has 0 aliphatic carbocycles. The molecule has 0 radical (unpaired) electrons. The molecule has 0 saturated heterocycles. The maximum atomic E-state index is 11.6. The van der Waals surface area contributed by atoms with E-state index >= 15 is 0 Å². The first-order valence-electron chi connectivity index (χ1n) is 4.94. The van der Waals surface area contributed by atoms with Crippen molar-refractivity contribution in [1.29, 1.82) is 0 Å². The van der Waals surface area contributed by atoms with Gasteiger partial charge in [0.05, 0.1) is 12.9 Å². The molecule has 0 fully saturated rings. The second-order valence-corrected chi connectivity index (χ2v) is 4.94. The van der Waals surface area contributed by atoms with Gasteiger partial charge in [-0.15, -0.1) is 0 Å². The maximum Gasteiger partial charge on any atom is 0.123 e. The van der Waals surface area contributed by atoms with Gasteiger partial charge in [-0.3, -0.25) is 4.21 Å². The minimum Gasteiger partial charge on any atom is -0.496 e. The number of anilines is 1. The number of nitrogen functional groups attached to an aromatic ring is 1. The van der Waals surface area contributed by atoms with Crippen LogP contribution in [-0.4, -0.2) is 17.1 Å². The second kappa shape index (κ2) is 5.75. The Hall–Kier alpha value is -1.03. The summed E-state index contributed by atoms with van der Waals surface area (Å²) in [7, 11) is 0.782. The fraction of sp³-hybridized carbons (Fsp3) is 0.455. The number of nitrogens with two attached hydrogens (primary N) is 1. The average Bonchev–Trinajstić information content (AvgIpc) is 2.18. The van der Waals surface area contributed by atoms with E-state index in [1.54, 1.807) is 13.2 Å². The molecule has 1 atom stereocenters. The predicted molar refractivity (Wildman–Crippen MR) is 64.4 cm³/mol. The van der Waals surface area contributed by atoms with Crippen molar-refractivity contribution in [2.24, 2.45) is 0 Å². The largest absolute Gasteiger partial charge is 0.496 e. The molecule has 0 aliphatic rings. The van der Waals surface area contributed by atoms with E-state index in [1.807, 2.05) is 19.1 Å². The zero-order valence-corrected chi connectivity index (χ0v) is 9.97. The third-order valence-electron chi connectivity index (χ3n) is 2.05. The Morgan fingerprint density at radius 3 is 2.80 bits per heavy atom. The van der Waals surface area contributed by atoms with Crippen molar-refractivity contribution in [2.75, 3.05) is 18.6 Å². The van der Waals surface area contributed by atoms with E-state index in [4.69, 9.17) is 10.5 Å². The van der Waals surface area contributed by atoms with E-state index in [2.05, 4.69) is 0 Å². The lowest BCUT2D eigenvalue weighted by atomic mass is 10.2. The van der Waals surface area contributed by atoms with E-state index < -0.39 is 10.8 Å². The Morgan fingerprint density at radius 2 is 2.20 bits per heavy atom. The molecule has 84 valence electrons. The molecule has 0 aliphatic heterocycles. The van der Waals surface area contributed by atoms with E-state index in [1.165, 1.54) is 0 Å². The van der Waals surface area contributed by atoms with Crippen LogP contribution in [0.25, 0.3) is 0 Å². The molecule has 0 aromatic heterocycles. The van der Waals surface area contributed by atoms with Crippen LogP contribution in [0.2, 0.25) is 0 Å². The Morgan fingerprint density at radius 1 is 1.47 bits per heavy atom. The van der Waals surface area contributed by atoms with Crippen molar-refractivity contribution >= 4 is 16.5 Å². The summed E-state index contributed by atoms with van der Waals surface area (Å²) in [5.41, 5.74) is 7.28. The Bertz CT molecular complexity index is 352. The molecular weight excluding hydrogens is 210 g/mol. The first kappa shape index (κ1) is 12.0. The van der Waals surface area contributed by atoms with Gasteiger partial charge in [-0.2, -0.15) is 0 Å². The number of ether oxygens (including phenoxy) is 1. The molecule has 1 rings (SSSR count). The van der Waals surface area contributed by atoms with Crippen LogP contribution in [0.1, 0.15) is 18.9 Å².